The van der Waals surface area contributed by atoms with Gasteiger partial charge in [-0.25, -0.2) is 4.68 Å². The van der Waals surface area contributed by atoms with Gasteiger partial charge in [-0.2, -0.15) is 5.10 Å². The van der Waals surface area contributed by atoms with Crippen LogP contribution >= 0.6 is 0 Å². The molecule has 2 heterocycles. The van der Waals surface area contributed by atoms with Crippen molar-refractivity contribution in [1.29, 1.82) is 0 Å². The molecule has 6 heteroatoms. The van der Waals surface area contributed by atoms with Gasteiger partial charge < -0.3 is 10.6 Å². The summed E-state index contributed by atoms with van der Waals surface area (Å²) in [5, 5.41) is 4.18. The number of nitrogen functional groups attached to an aromatic ring is 1. The van der Waals surface area contributed by atoms with Crippen molar-refractivity contribution in [1.82, 2.24) is 19.7 Å². The molecular formula is C11H13N5O. The van der Waals surface area contributed by atoms with E-state index in [1.54, 1.807) is 49.5 Å². The highest BCUT2D eigenvalue weighted by Gasteiger charge is 2.12. The van der Waals surface area contributed by atoms with E-state index in [4.69, 9.17) is 5.73 Å². The summed E-state index contributed by atoms with van der Waals surface area (Å²) >= 11 is 0. The van der Waals surface area contributed by atoms with E-state index in [1.807, 2.05) is 0 Å². The number of anilines is 1. The minimum atomic E-state index is -0.142. The fraction of sp³-hybridized carbons (Fsp3) is 0.182. The standard InChI is InChI=1S/C11H13N5O/c1-15(2)11(17)9-4-6-16(14-9)10-3-5-13-7-8(10)12/h3-7H,12H2,1-2H3. The van der Waals surface area contributed by atoms with Crippen LogP contribution in [0.15, 0.2) is 30.7 Å². The van der Waals surface area contributed by atoms with Gasteiger partial charge in [-0.3, -0.25) is 9.78 Å². The van der Waals surface area contributed by atoms with Crippen molar-refractivity contribution in [3.05, 3.63) is 36.4 Å². The SMILES string of the molecule is CN(C)C(=O)c1ccn(-c2ccncc2N)n1. The molecule has 0 radical (unpaired) electrons. The number of carbonyl (C=O) groups is 1. The summed E-state index contributed by atoms with van der Waals surface area (Å²) in [5.74, 6) is -0.142. The fourth-order valence-corrected chi connectivity index (χ4v) is 1.41. The topological polar surface area (TPSA) is 77.0 Å². The number of carbonyl (C=O) groups excluding carboxylic acids is 1. The maximum absolute atomic E-state index is 11.7. The van der Waals surface area contributed by atoms with Gasteiger partial charge in [0.2, 0.25) is 0 Å². The number of amides is 1. The summed E-state index contributed by atoms with van der Waals surface area (Å²) in [7, 11) is 3.37. The fourth-order valence-electron chi connectivity index (χ4n) is 1.41. The second-order valence-electron chi connectivity index (χ2n) is 3.78. The Hall–Kier alpha value is -2.37. The zero-order valence-corrected chi connectivity index (χ0v) is 9.66. The van der Waals surface area contributed by atoms with Gasteiger partial charge in [0.25, 0.3) is 5.91 Å². The van der Waals surface area contributed by atoms with Crippen molar-refractivity contribution in [2.45, 2.75) is 0 Å². The van der Waals surface area contributed by atoms with Gasteiger partial charge in [-0.15, -0.1) is 0 Å². The molecule has 0 aliphatic heterocycles. The molecule has 0 fully saturated rings. The van der Waals surface area contributed by atoms with E-state index in [0.29, 0.717) is 17.1 Å². The van der Waals surface area contributed by atoms with Gasteiger partial charge in [0.1, 0.15) is 0 Å². The van der Waals surface area contributed by atoms with Crippen molar-refractivity contribution >= 4 is 11.6 Å². The van der Waals surface area contributed by atoms with E-state index in [1.165, 1.54) is 4.90 Å². The van der Waals surface area contributed by atoms with Crippen LogP contribution in [0.1, 0.15) is 10.5 Å². The summed E-state index contributed by atoms with van der Waals surface area (Å²) in [6.45, 7) is 0. The van der Waals surface area contributed by atoms with Crippen LogP contribution < -0.4 is 5.73 Å². The number of rotatable bonds is 2. The molecule has 17 heavy (non-hydrogen) atoms. The maximum atomic E-state index is 11.7. The molecule has 0 atom stereocenters. The highest BCUT2D eigenvalue weighted by atomic mass is 16.2. The molecule has 0 saturated heterocycles. The first-order valence-electron chi connectivity index (χ1n) is 5.07. The van der Waals surface area contributed by atoms with Crippen LogP contribution in [0.25, 0.3) is 5.69 Å². The Balaban J connectivity index is 2.37. The summed E-state index contributed by atoms with van der Waals surface area (Å²) in [6.07, 6.45) is 4.87. The lowest BCUT2D eigenvalue weighted by Crippen LogP contribution is -2.22. The Morgan fingerprint density at radius 3 is 2.82 bits per heavy atom. The lowest BCUT2D eigenvalue weighted by Gasteiger charge is -2.07. The highest BCUT2D eigenvalue weighted by Crippen LogP contribution is 2.14. The zero-order chi connectivity index (χ0) is 12.4. The molecule has 2 N–H and O–H groups in total. The number of aromatic nitrogens is 3. The monoisotopic (exact) mass is 231 g/mol. The third-order valence-corrected chi connectivity index (χ3v) is 2.29. The van der Waals surface area contributed by atoms with Gasteiger partial charge in [0, 0.05) is 26.5 Å². The lowest BCUT2D eigenvalue weighted by molar-refractivity contribution is 0.0821. The van der Waals surface area contributed by atoms with Crippen LogP contribution in [0.3, 0.4) is 0 Å². The Kier molecular flexibility index (Phi) is 2.78. The van der Waals surface area contributed by atoms with Crippen molar-refractivity contribution in [2.75, 3.05) is 19.8 Å². The minimum absolute atomic E-state index is 0.142. The molecule has 2 aromatic rings. The van der Waals surface area contributed by atoms with Gasteiger partial charge in [0.15, 0.2) is 5.69 Å². The molecule has 88 valence electrons. The molecule has 2 rings (SSSR count). The summed E-state index contributed by atoms with van der Waals surface area (Å²) < 4.78 is 1.56. The number of nitrogens with two attached hydrogens (primary N) is 1. The average molecular weight is 231 g/mol. The first-order chi connectivity index (χ1) is 8.09. The van der Waals surface area contributed by atoms with Crippen LogP contribution in [0, 0.1) is 0 Å². The molecule has 2 aromatic heterocycles. The third-order valence-electron chi connectivity index (χ3n) is 2.29. The highest BCUT2D eigenvalue weighted by molar-refractivity contribution is 5.91. The minimum Gasteiger partial charge on any atom is -0.396 e. The Labute approximate surface area is 98.7 Å². The van der Waals surface area contributed by atoms with Gasteiger partial charge in [0.05, 0.1) is 17.6 Å². The van der Waals surface area contributed by atoms with Crippen LogP contribution in [0.4, 0.5) is 5.69 Å². The zero-order valence-electron chi connectivity index (χ0n) is 9.66. The van der Waals surface area contributed by atoms with Crippen LogP contribution in [-0.4, -0.2) is 39.7 Å². The van der Waals surface area contributed by atoms with Crippen molar-refractivity contribution in [2.24, 2.45) is 0 Å². The van der Waals surface area contributed by atoms with Gasteiger partial charge >= 0.3 is 0 Å². The second-order valence-corrected chi connectivity index (χ2v) is 3.78. The quantitative estimate of drug-likeness (QED) is 0.818. The Bertz CT molecular complexity index is 546. The Morgan fingerprint density at radius 1 is 1.41 bits per heavy atom. The lowest BCUT2D eigenvalue weighted by atomic mass is 10.3. The normalized spacial score (nSPS) is 10.2. The maximum Gasteiger partial charge on any atom is 0.273 e. The summed E-state index contributed by atoms with van der Waals surface area (Å²) in [5.41, 5.74) is 7.38. The number of hydrogen-bond donors (Lipinski definition) is 1. The smallest absolute Gasteiger partial charge is 0.273 e. The van der Waals surface area contributed by atoms with Gasteiger partial charge in [-0.1, -0.05) is 0 Å². The third kappa shape index (κ3) is 2.10. The predicted octanol–water partition coefficient (Wildman–Crippen LogP) is 0.551. The van der Waals surface area contributed by atoms with Gasteiger partial charge in [-0.05, 0) is 12.1 Å². The number of pyridine rings is 1. The van der Waals surface area contributed by atoms with E-state index in [0.717, 1.165) is 0 Å². The molecule has 0 spiro atoms. The van der Waals surface area contributed by atoms with Crippen LogP contribution in [0.5, 0.6) is 0 Å². The van der Waals surface area contributed by atoms with Crippen LogP contribution in [-0.2, 0) is 0 Å². The van der Waals surface area contributed by atoms with E-state index in [9.17, 15) is 4.79 Å². The van der Waals surface area contributed by atoms with E-state index in [-0.39, 0.29) is 5.91 Å². The molecule has 0 aromatic carbocycles. The molecular weight excluding hydrogens is 218 g/mol. The first kappa shape index (κ1) is 11.1. The predicted molar refractivity (Wildman–Crippen MR) is 63.8 cm³/mol. The summed E-state index contributed by atoms with van der Waals surface area (Å²) in [4.78, 5) is 17.1. The summed E-state index contributed by atoms with van der Waals surface area (Å²) in [6, 6.07) is 3.40. The van der Waals surface area contributed by atoms with Crippen LogP contribution in [0.2, 0.25) is 0 Å². The largest absolute Gasteiger partial charge is 0.396 e. The second kappa shape index (κ2) is 4.25. The van der Waals surface area contributed by atoms with Crippen molar-refractivity contribution < 1.29 is 4.79 Å². The average Bonchev–Trinajstić information content (AvgIpc) is 2.77. The molecule has 0 aliphatic rings. The molecule has 0 aliphatic carbocycles. The molecule has 0 unspecified atom stereocenters. The molecule has 0 bridgehead atoms. The van der Waals surface area contributed by atoms with Crippen molar-refractivity contribution in [3.8, 4) is 5.69 Å². The molecule has 0 saturated carbocycles. The molecule has 6 nitrogen and oxygen atoms in total. The van der Waals surface area contributed by atoms with E-state index >= 15 is 0 Å². The van der Waals surface area contributed by atoms with E-state index < -0.39 is 0 Å². The number of nitrogens with zero attached hydrogens (tertiary/aromatic N) is 4. The van der Waals surface area contributed by atoms with E-state index in [2.05, 4.69) is 10.1 Å². The number of hydrogen-bond acceptors (Lipinski definition) is 4. The Morgan fingerprint density at radius 2 is 2.18 bits per heavy atom. The first-order valence-corrected chi connectivity index (χ1v) is 5.07. The molecule has 1 amide bonds. The van der Waals surface area contributed by atoms with Crippen molar-refractivity contribution in [3.63, 3.8) is 0 Å².